The Hall–Kier alpha value is -6.04. The van der Waals surface area contributed by atoms with E-state index in [0.717, 1.165) is 24.3 Å². The molecule has 62 heavy (non-hydrogen) atoms. The van der Waals surface area contributed by atoms with Gasteiger partial charge in [0, 0.05) is 11.8 Å². The van der Waals surface area contributed by atoms with E-state index in [4.69, 9.17) is 18.9 Å². The molecule has 0 bridgehead atoms. The topological polar surface area (TPSA) is 348 Å². The number of ketones is 2. The van der Waals surface area contributed by atoms with Gasteiger partial charge in [-0.1, -0.05) is 24.3 Å². The van der Waals surface area contributed by atoms with Crippen molar-refractivity contribution in [2.45, 2.75) is 73.2 Å². The first-order valence-electron chi connectivity index (χ1n) is 19.0. The number of aliphatic hydroxyl groups is 8. The second-order valence-electron chi connectivity index (χ2n) is 15.2. The van der Waals surface area contributed by atoms with Crippen LogP contribution in [0.1, 0.15) is 86.6 Å². The minimum atomic E-state index is -1.94. The van der Waals surface area contributed by atoms with Crippen LogP contribution < -0.4 is 9.47 Å². The minimum absolute atomic E-state index is 0.00301. The third kappa shape index (κ3) is 6.73. The second-order valence-corrected chi connectivity index (χ2v) is 15.2. The SMILES string of the molecule is O=C(O)c1cc(O)c2c(c1)[C@H]([C@H]1c3cc(C(=O)O)cc(O)c3C(=O)c3c(O[C@H]4O[C@H](CO)[C@@H](O)[C@H](O)[C@H]4O)cccc31)c1cccc(O[C@@H]3O[C@H](CO)[C@@H](O)[C@H](O)[C@H]3O)c1C2=O. The fraction of sp³-hybridized carbons (Fsp3) is 0.333. The maximum absolute atomic E-state index is 14.7. The largest absolute Gasteiger partial charge is 0.507 e. The molecule has 2 saturated heterocycles. The van der Waals surface area contributed by atoms with Crippen LogP contribution in [0, 0.1) is 0 Å². The van der Waals surface area contributed by atoms with Gasteiger partial charge in [0.25, 0.3) is 0 Å². The van der Waals surface area contributed by atoms with Crippen molar-refractivity contribution in [3.63, 3.8) is 0 Å². The van der Waals surface area contributed by atoms with Crippen LogP contribution in [0.4, 0.5) is 0 Å². The lowest BCUT2D eigenvalue weighted by Gasteiger charge is -2.41. The first kappa shape index (κ1) is 42.6. The molecule has 8 rings (SSSR count). The molecule has 20 nitrogen and oxygen atoms in total. The number of benzene rings is 4. The molecule has 0 unspecified atom stereocenters. The lowest BCUT2D eigenvalue weighted by Crippen LogP contribution is -2.60. The molecule has 2 aliphatic carbocycles. The first-order valence-corrected chi connectivity index (χ1v) is 19.0. The Morgan fingerprint density at radius 1 is 0.516 bits per heavy atom. The van der Waals surface area contributed by atoms with Crippen molar-refractivity contribution in [3.05, 3.63) is 116 Å². The van der Waals surface area contributed by atoms with Crippen molar-refractivity contribution < 1.29 is 99.4 Å². The summed E-state index contributed by atoms with van der Waals surface area (Å²) in [5.41, 5.74) is -2.87. The molecule has 0 amide bonds. The molecule has 4 aromatic carbocycles. The summed E-state index contributed by atoms with van der Waals surface area (Å²) >= 11 is 0. The summed E-state index contributed by atoms with van der Waals surface area (Å²) in [6, 6.07) is 11.9. The average Bonchev–Trinajstić information content (AvgIpc) is 3.24. The maximum atomic E-state index is 14.7. The first-order chi connectivity index (χ1) is 29.5. The molecule has 4 aromatic rings. The number of aliphatic hydroxyl groups excluding tert-OH is 8. The van der Waals surface area contributed by atoms with E-state index in [0.29, 0.717) is 0 Å². The standard InChI is InChI=1S/C42H38O20/c43-11-23-31(47)35(51)37(53)41(61-23)59-21-5-1-3-15-25(17-7-13(39(55)56)9-19(45)27(17)33(49)29(15)21)26-16-4-2-6-22(60-42-38(54)36(52)32(48)24(12-44)62-42)30(16)34(50)28-18(26)8-14(40(57)58)10-20(28)46/h1-10,23-26,31-32,35-38,41-48,51-54H,11-12H2,(H,55,56)(H,57,58)/t23-,24-,25-,26-,31-,32-,35+,36+,37-,38-,41-,42+/m1/s1. The number of phenols is 2. The predicted molar refractivity (Wildman–Crippen MR) is 202 cm³/mol. The third-order valence-corrected chi connectivity index (χ3v) is 11.7. The van der Waals surface area contributed by atoms with E-state index in [1.807, 2.05) is 0 Å². The normalized spacial score (nSPS) is 30.1. The summed E-state index contributed by atoms with van der Waals surface area (Å²) in [5.74, 6) is -10.1. The third-order valence-electron chi connectivity index (χ3n) is 11.7. The van der Waals surface area contributed by atoms with Crippen LogP contribution in [0.3, 0.4) is 0 Å². The van der Waals surface area contributed by atoms with Crippen LogP contribution in [0.15, 0.2) is 60.7 Å². The van der Waals surface area contributed by atoms with Crippen molar-refractivity contribution in [2.75, 3.05) is 13.2 Å². The molecule has 0 aromatic heterocycles. The molecule has 0 saturated carbocycles. The number of carbonyl (C=O) groups excluding carboxylic acids is 2. The Kier molecular flexibility index (Phi) is 11.0. The number of aromatic carboxylic acids is 2. The number of carboxylic acids is 2. The highest BCUT2D eigenvalue weighted by atomic mass is 16.7. The van der Waals surface area contributed by atoms with Crippen LogP contribution in [0.2, 0.25) is 0 Å². The Labute approximate surface area is 348 Å². The quantitative estimate of drug-likeness (QED) is 0.0950. The van der Waals surface area contributed by atoms with Gasteiger partial charge in [-0.2, -0.15) is 0 Å². The molecule has 0 radical (unpaired) electrons. The summed E-state index contributed by atoms with van der Waals surface area (Å²) in [6.45, 7) is -1.64. The van der Waals surface area contributed by atoms with E-state index < -0.39 is 144 Å². The number of ether oxygens (including phenoxy) is 4. The van der Waals surface area contributed by atoms with E-state index >= 15 is 0 Å². The van der Waals surface area contributed by atoms with Crippen LogP contribution in [-0.2, 0) is 9.47 Å². The second kappa shape index (κ2) is 16.0. The highest BCUT2D eigenvalue weighted by molar-refractivity contribution is 6.18. The van der Waals surface area contributed by atoms with Crippen LogP contribution in [-0.4, -0.2) is 159 Å². The summed E-state index contributed by atoms with van der Waals surface area (Å²) in [7, 11) is 0. The van der Waals surface area contributed by atoms with E-state index in [9.17, 15) is 80.5 Å². The number of rotatable bonds is 9. The zero-order valence-electron chi connectivity index (χ0n) is 31.7. The highest BCUT2D eigenvalue weighted by Crippen LogP contribution is 2.56. The number of hydrogen-bond donors (Lipinski definition) is 12. The molecule has 0 spiro atoms. The lowest BCUT2D eigenvalue weighted by atomic mass is 9.63. The Morgan fingerprint density at radius 3 is 1.23 bits per heavy atom. The lowest BCUT2D eigenvalue weighted by molar-refractivity contribution is -0.277. The zero-order valence-corrected chi connectivity index (χ0v) is 31.7. The highest BCUT2D eigenvalue weighted by Gasteiger charge is 2.50. The van der Waals surface area contributed by atoms with Gasteiger partial charge < -0.3 is 80.2 Å². The number of carbonyl (C=O) groups is 4. The number of carboxylic acid groups (broad SMARTS) is 2. The maximum Gasteiger partial charge on any atom is 0.335 e. The molecule has 20 heteroatoms. The van der Waals surface area contributed by atoms with Gasteiger partial charge in [0.15, 0.2) is 0 Å². The monoisotopic (exact) mass is 862 g/mol. The summed E-state index contributed by atoms with van der Waals surface area (Å²) in [5, 5.41) is 126. The molecule has 326 valence electrons. The smallest absolute Gasteiger partial charge is 0.335 e. The number of aromatic hydroxyl groups is 2. The van der Waals surface area contributed by atoms with Gasteiger partial charge in [0.05, 0.1) is 46.6 Å². The van der Waals surface area contributed by atoms with Gasteiger partial charge in [-0.25, -0.2) is 9.59 Å². The summed E-state index contributed by atoms with van der Waals surface area (Å²) in [4.78, 5) is 54.2. The number of phenolic OH excluding ortho intramolecular Hbond substituents is 2. The van der Waals surface area contributed by atoms with E-state index in [2.05, 4.69) is 0 Å². The molecule has 2 aliphatic heterocycles. The molecule has 12 N–H and O–H groups in total. The Morgan fingerprint density at radius 2 is 0.887 bits per heavy atom. The van der Waals surface area contributed by atoms with Gasteiger partial charge in [0.1, 0.15) is 71.8 Å². The fourth-order valence-corrected chi connectivity index (χ4v) is 8.71. The predicted octanol–water partition coefficient (Wildman–Crippen LogP) is -1.10. The summed E-state index contributed by atoms with van der Waals surface area (Å²) in [6.07, 6.45) is -17.7. The molecule has 2 heterocycles. The van der Waals surface area contributed by atoms with E-state index in [1.54, 1.807) is 0 Å². The number of hydrogen-bond acceptors (Lipinski definition) is 18. The van der Waals surface area contributed by atoms with Gasteiger partial charge in [-0.05, 0) is 58.7 Å². The number of fused-ring (bicyclic) bond motifs is 4. The van der Waals surface area contributed by atoms with Crippen LogP contribution in [0.5, 0.6) is 23.0 Å². The minimum Gasteiger partial charge on any atom is -0.507 e. The molecular weight excluding hydrogens is 824 g/mol. The summed E-state index contributed by atoms with van der Waals surface area (Å²) < 4.78 is 23.0. The van der Waals surface area contributed by atoms with Crippen molar-refractivity contribution >= 4 is 23.5 Å². The van der Waals surface area contributed by atoms with E-state index in [1.165, 1.54) is 36.4 Å². The van der Waals surface area contributed by atoms with Crippen molar-refractivity contribution in [2.24, 2.45) is 0 Å². The van der Waals surface area contributed by atoms with Gasteiger partial charge in [0.2, 0.25) is 24.1 Å². The van der Waals surface area contributed by atoms with Crippen LogP contribution in [0.25, 0.3) is 0 Å². The van der Waals surface area contributed by atoms with E-state index in [-0.39, 0.29) is 44.9 Å². The Balaban J connectivity index is 1.38. The van der Waals surface area contributed by atoms with Gasteiger partial charge in [-0.3, -0.25) is 9.59 Å². The van der Waals surface area contributed by atoms with Crippen molar-refractivity contribution in [1.82, 2.24) is 0 Å². The molecule has 12 atom stereocenters. The van der Waals surface area contributed by atoms with Crippen LogP contribution >= 0.6 is 0 Å². The van der Waals surface area contributed by atoms with Crippen molar-refractivity contribution in [1.29, 1.82) is 0 Å². The van der Waals surface area contributed by atoms with Crippen molar-refractivity contribution in [3.8, 4) is 23.0 Å². The van der Waals surface area contributed by atoms with Gasteiger partial charge >= 0.3 is 11.9 Å². The zero-order chi connectivity index (χ0) is 44.6. The molecule has 4 aliphatic rings. The fourth-order valence-electron chi connectivity index (χ4n) is 8.71. The van der Waals surface area contributed by atoms with Gasteiger partial charge in [-0.15, -0.1) is 0 Å². The Bertz CT molecular complexity index is 2330. The molecule has 2 fully saturated rings. The average molecular weight is 863 g/mol. The molecular formula is C42H38O20.